The zero-order chi connectivity index (χ0) is 19.2. The Morgan fingerprint density at radius 1 is 1.19 bits per heavy atom. The Balaban J connectivity index is 2.16. The molecule has 0 atom stereocenters. The summed E-state index contributed by atoms with van der Waals surface area (Å²) in [6.07, 6.45) is 1.44. The number of nitrogens with one attached hydrogen (secondary N) is 1. The van der Waals surface area contributed by atoms with Gasteiger partial charge in [0.1, 0.15) is 5.75 Å². The normalized spacial score (nSPS) is 11.2. The van der Waals surface area contributed by atoms with Crippen LogP contribution in [-0.4, -0.2) is 38.8 Å². The largest absolute Gasteiger partial charge is 0.497 e. The highest BCUT2D eigenvalue weighted by Crippen LogP contribution is 2.19. The lowest BCUT2D eigenvalue weighted by Crippen LogP contribution is -2.38. The summed E-state index contributed by atoms with van der Waals surface area (Å²) < 4.78 is 32.8. The molecule has 0 fully saturated rings. The number of carbonyl (C=O) groups excluding carboxylic acids is 1. The first-order valence-electron chi connectivity index (χ1n) is 7.67. The van der Waals surface area contributed by atoms with Crippen molar-refractivity contribution in [1.82, 2.24) is 4.31 Å². The molecule has 0 aliphatic rings. The zero-order valence-corrected chi connectivity index (χ0v) is 17.2. The summed E-state index contributed by atoms with van der Waals surface area (Å²) in [6, 6.07) is 13.2. The SMILES string of the molecule is C=CCN(CC(=O)Nc1ccc(I)cc1)S(=O)(=O)c1ccc(OC)cc1. The molecule has 0 bridgehead atoms. The van der Waals surface area contributed by atoms with Gasteiger partial charge in [0.15, 0.2) is 0 Å². The van der Waals surface area contributed by atoms with E-state index in [1.807, 2.05) is 12.1 Å². The van der Waals surface area contributed by atoms with Gasteiger partial charge >= 0.3 is 0 Å². The van der Waals surface area contributed by atoms with Gasteiger partial charge < -0.3 is 10.1 Å². The first kappa shape index (κ1) is 20.4. The molecule has 6 nitrogen and oxygen atoms in total. The van der Waals surface area contributed by atoms with Gasteiger partial charge in [0, 0.05) is 15.8 Å². The van der Waals surface area contributed by atoms with Crippen LogP contribution in [-0.2, 0) is 14.8 Å². The standard InChI is InChI=1S/C18H19IN2O4S/c1-3-12-21(13-18(22)20-15-6-4-14(19)5-7-15)26(23,24)17-10-8-16(25-2)9-11-17/h3-11H,1,12-13H2,2H3,(H,20,22). The van der Waals surface area contributed by atoms with Crippen LogP contribution in [0.15, 0.2) is 66.1 Å². The number of methoxy groups -OCH3 is 1. The molecular formula is C18H19IN2O4S. The van der Waals surface area contributed by atoms with E-state index < -0.39 is 15.9 Å². The van der Waals surface area contributed by atoms with Crippen molar-refractivity contribution in [3.8, 4) is 5.75 Å². The summed E-state index contributed by atoms with van der Waals surface area (Å²) in [5, 5.41) is 2.70. The van der Waals surface area contributed by atoms with Gasteiger partial charge in [0.05, 0.1) is 18.6 Å². The number of hydrogen-bond donors (Lipinski definition) is 1. The molecule has 0 saturated heterocycles. The number of anilines is 1. The number of ether oxygens (including phenoxy) is 1. The summed E-state index contributed by atoms with van der Waals surface area (Å²) in [7, 11) is -2.34. The molecule has 0 aliphatic carbocycles. The van der Waals surface area contributed by atoms with E-state index >= 15 is 0 Å². The van der Waals surface area contributed by atoms with E-state index in [1.54, 1.807) is 24.3 Å². The lowest BCUT2D eigenvalue weighted by molar-refractivity contribution is -0.116. The fraction of sp³-hybridized carbons (Fsp3) is 0.167. The van der Waals surface area contributed by atoms with Gasteiger partial charge in [-0.3, -0.25) is 4.79 Å². The second-order valence-corrected chi connectivity index (χ2v) is 8.50. The Kier molecular flexibility index (Phi) is 7.18. The maximum Gasteiger partial charge on any atom is 0.243 e. The van der Waals surface area contributed by atoms with Crippen LogP contribution in [0.5, 0.6) is 5.75 Å². The average molecular weight is 486 g/mol. The monoisotopic (exact) mass is 486 g/mol. The smallest absolute Gasteiger partial charge is 0.243 e. The van der Waals surface area contributed by atoms with E-state index in [9.17, 15) is 13.2 Å². The third-order valence-corrected chi connectivity index (χ3v) is 6.02. The van der Waals surface area contributed by atoms with Crippen molar-refractivity contribution in [3.63, 3.8) is 0 Å². The van der Waals surface area contributed by atoms with Gasteiger partial charge in [-0.1, -0.05) is 6.08 Å². The van der Waals surface area contributed by atoms with E-state index in [0.29, 0.717) is 11.4 Å². The fourth-order valence-electron chi connectivity index (χ4n) is 2.18. The summed E-state index contributed by atoms with van der Waals surface area (Å²) in [6.45, 7) is 3.29. The van der Waals surface area contributed by atoms with Crippen LogP contribution in [0.1, 0.15) is 0 Å². The number of hydrogen-bond acceptors (Lipinski definition) is 4. The quantitative estimate of drug-likeness (QED) is 0.460. The minimum atomic E-state index is -3.84. The molecule has 0 spiro atoms. The molecule has 26 heavy (non-hydrogen) atoms. The van der Waals surface area contributed by atoms with Crippen molar-refractivity contribution in [2.45, 2.75) is 4.90 Å². The van der Waals surface area contributed by atoms with E-state index in [2.05, 4.69) is 34.5 Å². The first-order valence-corrected chi connectivity index (χ1v) is 10.2. The first-order chi connectivity index (χ1) is 12.4. The van der Waals surface area contributed by atoms with Crippen molar-refractivity contribution in [2.24, 2.45) is 0 Å². The van der Waals surface area contributed by atoms with Gasteiger partial charge in [-0.2, -0.15) is 4.31 Å². The molecular weight excluding hydrogens is 467 g/mol. The molecule has 0 heterocycles. The lowest BCUT2D eigenvalue weighted by atomic mass is 10.3. The van der Waals surface area contributed by atoms with E-state index in [0.717, 1.165) is 7.88 Å². The molecule has 1 amide bonds. The minimum absolute atomic E-state index is 0.0223. The van der Waals surface area contributed by atoms with Crippen LogP contribution in [0.25, 0.3) is 0 Å². The van der Waals surface area contributed by atoms with Gasteiger partial charge in [-0.25, -0.2) is 8.42 Å². The Bertz CT molecular complexity index is 865. The fourth-order valence-corrected chi connectivity index (χ4v) is 3.91. The van der Waals surface area contributed by atoms with Crippen LogP contribution < -0.4 is 10.1 Å². The molecule has 0 saturated carbocycles. The van der Waals surface area contributed by atoms with Crippen molar-refractivity contribution >= 4 is 44.2 Å². The molecule has 0 aliphatic heterocycles. The molecule has 0 unspecified atom stereocenters. The third-order valence-electron chi connectivity index (χ3n) is 3.48. The summed E-state index contributed by atoms with van der Waals surface area (Å²) in [5.41, 5.74) is 0.607. The number of amides is 1. The van der Waals surface area contributed by atoms with Crippen molar-refractivity contribution in [3.05, 3.63) is 64.8 Å². The molecule has 2 aromatic carbocycles. The topological polar surface area (TPSA) is 75.7 Å². The highest BCUT2D eigenvalue weighted by Gasteiger charge is 2.25. The second-order valence-electron chi connectivity index (χ2n) is 5.32. The van der Waals surface area contributed by atoms with Crippen LogP contribution in [0.3, 0.4) is 0 Å². The summed E-state index contributed by atoms with van der Waals surface area (Å²) >= 11 is 2.16. The highest BCUT2D eigenvalue weighted by molar-refractivity contribution is 14.1. The van der Waals surface area contributed by atoms with Crippen LogP contribution in [0, 0.1) is 3.57 Å². The molecule has 8 heteroatoms. The number of nitrogens with zero attached hydrogens (tertiary/aromatic N) is 1. The second kappa shape index (κ2) is 9.15. The maximum atomic E-state index is 12.8. The lowest BCUT2D eigenvalue weighted by Gasteiger charge is -2.20. The zero-order valence-electron chi connectivity index (χ0n) is 14.2. The molecule has 2 aromatic rings. The van der Waals surface area contributed by atoms with Crippen LogP contribution in [0.4, 0.5) is 5.69 Å². The van der Waals surface area contributed by atoms with Crippen LogP contribution >= 0.6 is 22.6 Å². The Morgan fingerprint density at radius 2 is 1.81 bits per heavy atom. The average Bonchev–Trinajstić information content (AvgIpc) is 2.63. The number of carbonyl (C=O) groups is 1. The molecule has 138 valence electrons. The molecule has 2 rings (SSSR count). The van der Waals surface area contributed by atoms with Gasteiger partial charge in [-0.15, -0.1) is 6.58 Å². The third kappa shape index (κ3) is 5.29. The molecule has 0 radical (unpaired) electrons. The molecule has 0 aromatic heterocycles. The number of benzene rings is 2. The van der Waals surface area contributed by atoms with Crippen LogP contribution in [0.2, 0.25) is 0 Å². The Hall–Kier alpha value is -1.91. The number of rotatable bonds is 8. The maximum absolute atomic E-state index is 12.8. The predicted octanol–water partition coefficient (Wildman–Crippen LogP) is 3.12. The van der Waals surface area contributed by atoms with Gasteiger partial charge in [0.25, 0.3) is 0 Å². The van der Waals surface area contributed by atoms with E-state index in [1.165, 1.54) is 25.3 Å². The molecule has 1 N–H and O–H groups in total. The predicted molar refractivity (Wildman–Crippen MR) is 110 cm³/mol. The van der Waals surface area contributed by atoms with Crippen molar-refractivity contribution in [1.29, 1.82) is 0 Å². The van der Waals surface area contributed by atoms with Gasteiger partial charge in [-0.05, 0) is 71.1 Å². The van der Waals surface area contributed by atoms with Crippen molar-refractivity contribution < 1.29 is 17.9 Å². The minimum Gasteiger partial charge on any atom is -0.497 e. The summed E-state index contributed by atoms with van der Waals surface area (Å²) in [4.78, 5) is 12.4. The van der Waals surface area contributed by atoms with Crippen molar-refractivity contribution in [2.75, 3.05) is 25.5 Å². The number of sulfonamides is 1. The van der Waals surface area contributed by atoms with E-state index in [-0.39, 0.29) is 18.0 Å². The highest BCUT2D eigenvalue weighted by atomic mass is 127. The van der Waals surface area contributed by atoms with E-state index in [4.69, 9.17) is 4.74 Å². The van der Waals surface area contributed by atoms with Gasteiger partial charge in [0.2, 0.25) is 15.9 Å². The Morgan fingerprint density at radius 3 is 2.35 bits per heavy atom. The number of halogens is 1. The Labute approximate surface area is 167 Å². The summed E-state index contributed by atoms with van der Waals surface area (Å²) in [5.74, 6) is 0.126.